The molecule has 3 aromatic rings. The number of benzene rings is 2. The Bertz CT molecular complexity index is 1100. The summed E-state index contributed by atoms with van der Waals surface area (Å²) >= 11 is 0. The summed E-state index contributed by atoms with van der Waals surface area (Å²) in [6.45, 7) is 7.00. The third-order valence-electron chi connectivity index (χ3n) is 4.53. The summed E-state index contributed by atoms with van der Waals surface area (Å²) in [5.41, 5.74) is 0.107. The number of amides is 1. The summed E-state index contributed by atoms with van der Waals surface area (Å²) in [6.07, 6.45) is -0.816. The summed E-state index contributed by atoms with van der Waals surface area (Å²) in [4.78, 5) is 32.6. The number of hydrogen-bond donors (Lipinski definition) is 1. The second-order valence-corrected chi connectivity index (χ2v) is 8.74. The summed E-state index contributed by atoms with van der Waals surface area (Å²) in [5.74, 6) is 0.0983. The zero-order chi connectivity index (χ0) is 24.2. The van der Waals surface area contributed by atoms with Gasteiger partial charge in [0, 0.05) is 19.8 Å². The van der Waals surface area contributed by atoms with Gasteiger partial charge in [-0.25, -0.2) is 4.79 Å². The van der Waals surface area contributed by atoms with Gasteiger partial charge >= 0.3 is 5.97 Å². The fourth-order valence-corrected chi connectivity index (χ4v) is 3.11. The van der Waals surface area contributed by atoms with E-state index in [1.54, 1.807) is 49.3 Å². The highest BCUT2D eigenvalue weighted by Crippen LogP contribution is 2.29. The molecule has 0 radical (unpaired) electrons. The number of aromatic nitrogens is 2. The molecule has 0 saturated carbocycles. The number of anilines is 2. The molecule has 174 valence electrons. The van der Waals surface area contributed by atoms with E-state index in [9.17, 15) is 9.59 Å². The minimum Gasteiger partial charge on any atom is -0.481 e. The third kappa shape index (κ3) is 5.91. The van der Waals surface area contributed by atoms with Gasteiger partial charge in [0.05, 0.1) is 0 Å². The summed E-state index contributed by atoms with van der Waals surface area (Å²) < 4.78 is 13.1. The fourth-order valence-electron chi connectivity index (χ4n) is 3.11. The van der Waals surface area contributed by atoms with Gasteiger partial charge in [0.2, 0.25) is 5.95 Å². The molecule has 8 heteroatoms. The predicted octanol–water partition coefficient (Wildman–Crippen LogP) is 4.30. The Morgan fingerprint density at radius 1 is 1.00 bits per heavy atom. The number of carbonyl (C=O) groups excluding carboxylic acids is 2. The molecule has 2 aromatic carbocycles. The van der Waals surface area contributed by atoms with E-state index in [1.807, 2.05) is 62.6 Å². The highest BCUT2D eigenvalue weighted by molar-refractivity contribution is 6.01. The molecule has 1 amide bonds. The Morgan fingerprint density at radius 2 is 1.58 bits per heavy atom. The van der Waals surface area contributed by atoms with Crippen LogP contribution in [0.2, 0.25) is 0 Å². The fraction of sp³-hybridized carbons (Fsp3) is 0.320. The zero-order valence-corrected chi connectivity index (χ0v) is 19.8. The quantitative estimate of drug-likeness (QED) is 0.540. The van der Waals surface area contributed by atoms with Gasteiger partial charge < -0.3 is 19.7 Å². The number of carbonyl (C=O) groups is 2. The molecule has 1 N–H and O–H groups in total. The molecule has 0 saturated heterocycles. The second kappa shape index (κ2) is 9.77. The molecule has 1 atom stereocenters. The molecule has 3 rings (SSSR count). The van der Waals surface area contributed by atoms with E-state index in [1.165, 1.54) is 0 Å². The molecule has 0 fully saturated rings. The van der Waals surface area contributed by atoms with Crippen LogP contribution in [0.3, 0.4) is 0 Å². The lowest BCUT2D eigenvalue weighted by Gasteiger charge is -2.21. The van der Waals surface area contributed by atoms with Crippen LogP contribution < -0.4 is 15.0 Å². The molecule has 0 aliphatic carbocycles. The zero-order valence-electron chi connectivity index (χ0n) is 19.8. The van der Waals surface area contributed by atoms with Crippen molar-refractivity contribution in [3.63, 3.8) is 0 Å². The number of imidazole rings is 1. The van der Waals surface area contributed by atoms with Crippen LogP contribution in [0.4, 0.5) is 11.8 Å². The summed E-state index contributed by atoms with van der Waals surface area (Å²) in [7, 11) is 3.63. The van der Waals surface area contributed by atoms with Gasteiger partial charge in [0.1, 0.15) is 11.4 Å². The Balaban J connectivity index is 2.02. The molecule has 1 aromatic heterocycles. The molecule has 0 aliphatic heterocycles. The van der Waals surface area contributed by atoms with E-state index < -0.39 is 23.6 Å². The molecule has 0 aliphatic rings. The first-order valence-corrected chi connectivity index (χ1v) is 10.7. The minimum atomic E-state index is -0.816. The van der Waals surface area contributed by atoms with Crippen molar-refractivity contribution < 1.29 is 19.1 Å². The van der Waals surface area contributed by atoms with Gasteiger partial charge in [-0.2, -0.15) is 4.98 Å². The number of rotatable bonds is 7. The first kappa shape index (κ1) is 23.8. The number of nitrogens with zero attached hydrogens (tertiary/aromatic N) is 3. The average Bonchev–Trinajstić information content (AvgIpc) is 3.13. The lowest BCUT2D eigenvalue weighted by Crippen LogP contribution is -2.31. The lowest BCUT2D eigenvalue weighted by molar-refractivity contribution is -0.122. The largest absolute Gasteiger partial charge is 0.481 e. The van der Waals surface area contributed by atoms with Crippen molar-refractivity contribution in [3.05, 3.63) is 66.4 Å². The van der Waals surface area contributed by atoms with Crippen molar-refractivity contribution >= 4 is 23.6 Å². The van der Waals surface area contributed by atoms with Gasteiger partial charge in [0.25, 0.3) is 5.91 Å². The Labute approximate surface area is 194 Å². The van der Waals surface area contributed by atoms with Crippen LogP contribution in [0.5, 0.6) is 5.75 Å². The first-order valence-electron chi connectivity index (χ1n) is 10.7. The number of ether oxygens (including phenoxy) is 2. The van der Waals surface area contributed by atoms with Crippen molar-refractivity contribution in [2.24, 2.45) is 0 Å². The van der Waals surface area contributed by atoms with Crippen LogP contribution in [0.1, 0.15) is 38.2 Å². The maximum Gasteiger partial charge on any atom is 0.359 e. The molecule has 0 spiro atoms. The van der Waals surface area contributed by atoms with Crippen molar-refractivity contribution in [3.8, 4) is 11.4 Å². The normalized spacial score (nSPS) is 12.1. The van der Waals surface area contributed by atoms with Crippen LogP contribution >= 0.6 is 0 Å². The summed E-state index contributed by atoms with van der Waals surface area (Å²) in [6, 6.07) is 18.4. The first-order chi connectivity index (χ1) is 15.6. The van der Waals surface area contributed by atoms with E-state index in [-0.39, 0.29) is 11.5 Å². The molecule has 33 heavy (non-hydrogen) atoms. The van der Waals surface area contributed by atoms with Crippen molar-refractivity contribution in [2.45, 2.75) is 39.4 Å². The van der Waals surface area contributed by atoms with Gasteiger partial charge in [-0.15, -0.1) is 0 Å². The van der Waals surface area contributed by atoms with Crippen molar-refractivity contribution in [1.82, 2.24) is 9.55 Å². The minimum absolute atomic E-state index is 0.102. The molecular formula is C25H30N4O4. The number of esters is 1. The standard InChI is InChI=1S/C25H30N4O4/c1-17(32-19-15-11-8-12-16-19)22(30)26-21-20(23(31)33-25(2,3)4)29(24(27-21)28(5)6)18-13-9-7-10-14-18/h7-17H,1-6H3,(H,26,30). The van der Waals surface area contributed by atoms with Gasteiger partial charge in [-0.05, 0) is 52.0 Å². The second-order valence-electron chi connectivity index (χ2n) is 8.74. The molecule has 1 unspecified atom stereocenters. The topological polar surface area (TPSA) is 85.7 Å². The molecular weight excluding hydrogens is 420 g/mol. The Morgan fingerprint density at radius 3 is 2.12 bits per heavy atom. The lowest BCUT2D eigenvalue weighted by atomic mass is 10.2. The van der Waals surface area contributed by atoms with Gasteiger partial charge in [-0.3, -0.25) is 9.36 Å². The van der Waals surface area contributed by atoms with Gasteiger partial charge in [-0.1, -0.05) is 36.4 Å². The van der Waals surface area contributed by atoms with Gasteiger partial charge in [0.15, 0.2) is 17.6 Å². The SMILES string of the molecule is CC(Oc1ccccc1)C(=O)Nc1nc(N(C)C)n(-c2ccccc2)c1C(=O)OC(C)(C)C. The summed E-state index contributed by atoms with van der Waals surface area (Å²) in [5, 5.41) is 2.76. The van der Waals surface area contributed by atoms with Crippen LogP contribution in [-0.2, 0) is 9.53 Å². The van der Waals surface area contributed by atoms with Crippen LogP contribution in [0, 0.1) is 0 Å². The maximum absolute atomic E-state index is 13.3. The Kier molecular flexibility index (Phi) is 7.06. The Hall–Kier alpha value is -3.81. The number of nitrogens with one attached hydrogen (secondary N) is 1. The van der Waals surface area contributed by atoms with Crippen LogP contribution in [-0.4, -0.2) is 47.2 Å². The molecule has 0 bridgehead atoms. The van der Waals surface area contributed by atoms with Crippen LogP contribution in [0.15, 0.2) is 60.7 Å². The van der Waals surface area contributed by atoms with Crippen molar-refractivity contribution in [2.75, 3.05) is 24.3 Å². The van der Waals surface area contributed by atoms with E-state index in [4.69, 9.17) is 9.47 Å². The van der Waals surface area contributed by atoms with E-state index in [0.29, 0.717) is 17.4 Å². The van der Waals surface area contributed by atoms with Crippen molar-refractivity contribution in [1.29, 1.82) is 0 Å². The van der Waals surface area contributed by atoms with Crippen LogP contribution in [0.25, 0.3) is 5.69 Å². The van der Waals surface area contributed by atoms with E-state index in [2.05, 4.69) is 10.3 Å². The smallest absolute Gasteiger partial charge is 0.359 e. The monoisotopic (exact) mass is 450 g/mol. The number of hydrogen-bond acceptors (Lipinski definition) is 6. The number of para-hydroxylation sites is 2. The molecule has 8 nitrogen and oxygen atoms in total. The molecule has 1 heterocycles. The third-order valence-corrected chi connectivity index (χ3v) is 4.53. The maximum atomic E-state index is 13.3. The van der Waals surface area contributed by atoms with E-state index >= 15 is 0 Å². The van der Waals surface area contributed by atoms with E-state index in [0.717, 1.165) is 0 Å². The highest BCUT2D eigenvalue weighted by atomic mass is 16.6. The predicted molar refractivity (Wildman–Crippen MR) is 128 cm³/mol. The average molecular weight is 451 g/mol. The highest BCUT2D eigenvalue weighted by Gasteiger charge is 2.31.